The summed E-state index contributed by atoms with van der Waals surface area (Å²) in [5.74, 6) is 3.10. The molecule has 134 valence electrons. The molecule has 0 saturated heterocycles. The van der Waals surface area contributed by atoms with Crippen LogP contribution in [-0.4, -0.2) is 14.8 Å². The van der Waals surface area contributed by atoms with Crippen LogP contribution in [0.25, 0.3) is 10.8 Å². The second-order valence-corrected chi connectivity index (χ2v) is 8.13. The van der Waals surface area contributed by atoms with Gasteiger partial charge in [0, 0.05) is 18.7 Å². The molecule has 4 heteroatoms. The third kappa shape index (κ3) is 3.15. The lowest BCUT2D eigenvalue weighted by atomic mass is 10.1. The molecular weight excluding hydrogens is 350 g/mol. The largest absolute Gasteiger partial charge is 0.309 e. The number of aromatic nitrogens is 3. The van der Waals surface area contributed by atoms with Gasteiger partial charge in [-0.15, -0.1) is 10.2 Å². The topological polar surface area (TPSA) is 30.7 Å². The summed E-state index contributed by atoms with van der Waals surface area (Å²) in [4.78, 5) is 0. The Kier molecular flexibility index (Phi) is 4.21. The third-order valence-corrected chi connectivity index (χ3v) is 6.52. The molecule has 0 aliphatic heterocycles. The van der Waals surface area contributed by atoms with E-state index in [0.29, 0.717) is 11.8 Å². The molecule has 0 spiro atoms. The van der Waals surface area contributed by atoms with E-state index < -0.39 is 0 Å². The van der Waals surface area contributed by atoms with Gasteiger partial charge >= 0.3 is 0 Å². The summed E-state index contributed by atoms with van der Waals surface area (Å²) in [5.41, 5.74) is 2.76. The minimum atomic E-state index is 0.497. The average Bonchev–Trinajstić information content (AvgIpc) is 3.43. The highest BCUT2D eigenvalue weighted by atomic mass is 32.2. The van der Waals surface area contributed by atoms with Crippen LogP contribution in [0, 0.1) is 0 Å². The highest BCUT2D eigenvalue weighted by Crippen LogP contribution is 2.54. The molecule has 2 atom stereocenters. The Morgan fingerprint density at radius 3 is 2.56 bits per heavy atom. The van der Waals surface area contributed by atoms with Crippen LogP contribution < -0.4 is 0 Å². The molecule has 1 saturated carbocycles. The Balaban J connectivity index is 1.33. The second kappa shape index (κ2) is 6.86. The zero-order chi connectivity index (χ0) is 18.2. The van der Waals surface area contributed by atoms with E-state index in [-0.39, 0.29) is 0 Å². The molecule has 3 aromatic carbocycles. The van der Waals surface area contributed by atoms with Gasteiger partial charge in [0.2, 0.25) is 0 Å². The number of hydrogen-bond acceptors (Lipinski definition) is 3. The van der Waals surface area contributed by atoms with E-state index in [0.717, 1.165) is 16.7 Å². The van der Waals surface area contributed by atoms with Gasteiger partial charge in [-0.25, -0.2) is 0 Å². The van der Waals surface area contributed by atoms with Crippen LogP contribution in [0.5, 0.6) is 0 Å². The Hall–Kier alpha value is -2.59. The normalized spacial score (nSPS) is 18.7. The summed E-state index contributed by atoms with van der Waals surface area (Å²) >= 11 is 1.77. The molecule has 27 heavy (non-hydrogen) atoms. The Morgan fingerprint density at radius 2 is 1.67 bits per heavy atom. The fourth-order valence-corrected chi connectivity index (χ4v) is 4.81. The highest BCUT2D eigenvalue weighted by Gasteiger charge is 2.42. The van der Waals surface area contributed by atoms with Gasteiger partial charge in [-0.05, 0) is 34.2 Å². The summed E-state index contributed by atoms with van der Waals surface area (Å²) in [5, 5.41) is 12.6. The molecule has 1 fully saturated rings. The van der Waals surface area contributed by atoms with Gasteiger partial charge in [0.1, 0.15) is 5.82 Å². The minimum absolute atomic E-state index is 0.497. The van der Waals surface area contributed by atoms with Crippen LogP contribution in [0.4, 0.5) is 0 Å². The molecule has 0 N–H and O–H groups in total. The Morgan fingerprint density at radius 1 is 0.889 bits per heavy atom. The number of hydrogen-bond donors (Lipinski definition) is 0. The van der Waals surface area contributed by atoms with Gasteiger partial charge in [-0.1, -0.05) is 84.6 Å². The lowest BCUT2D eigenvalue weighted by Crippen LogP contribution is -1.98. The molecule has 1 aliphatic carbocycles. The maximum atomic E-state index is 4.52. The monoisotopic (exact) mass is 371 g/mol. The van der Waals surface area contributed by atoms with Crippen molar-refractivity contribution in [3.8, 4) is 0 Å². The van der Waals surface area contributed by atoms with Gasteiger partial charge < -0.3 is 4.57 Å². The van der Waals surface area contributed by atoms with Crippen LogP contribution >= 0.6 is 11.8 Å². The molecule has 1 heterocycles. The van der Waals surface area contributed by atoms with E-state index in [2.05, 4.69) is 94.6 Å². The van der Waals surface area contributed by atoms with Crippen molar-refractivity contribution in [1.29, 1.82) is 0 Å². The Bertz CT molecular complexity index is 1080. The van der Waals surface area contributed by atoms with Crippen molar-refractivity contribution in [3.63, 3.8) is 0 Å². The number of benzene rings is 3. The molecule has 0 radical (unpaired) electrons. The third-order valence-electron chi connectivity index (χ3n) is 5.46. The highest BCUT2D eigenvalue weighted by molar-refractivity contribution is 7.98. The lowest BCUT2D eigenvalue weighted by molar-refractivity contribution is 0.730. The average molecular weight is 372 g/mol. The first-order chi connectivity index (χ1) is 13.3. The summed E-state index contributed by atoms with van der Waals surface area (Å²) in [6.45, 7) is 0. The molecule has 1 aromatic heterocycles. The van der Waals surface area contributed by atoms with Crippen LogP contribution in [0.1, 0.15) is 35.2 Å². The number of fused-ring (bicyclic) bond motifs is 1. The van der Waals surface area contributed by atoms with Gasteiger partial charge in [0.15, 0.2) is 5.16 Å². The molecule has 5 rings (SSSR count). The van der Waals surface area contributed by atoms with Crippen LogP contribution in [0.3, 0.4) is 0 Å². The first-order valence-corrected chi connectivity index (χ1v) is 10.3. The van der Waals surface area contributed by atoms with Crippen molar-refractivity contribution >= 4 is 22.5 Å². The molecule has 4 aromatic rings. The van der Waals surface area contributed by atoms with Gasteiger partial charge in [0.05, 0.1) is 0 Å². The fraction of sp³-hybridized carbons (Fsp3) is 0.217. The van der Waals surface area contributed by atoms with E-state index in [4.69, 9.17) is 0 Å². The van der Waals surface area contributed by atoms with E-state index >= 15 is 0 Å². The molecular formula is C23H21N3S. The number of thioether (sulfide) groups is 1. The smallest absolute Gasteiger partial charge is 0.191 e. The second-order valence-electron chi connectivity index (χ2n) is 7.19. The summed E-state index contributed by atoms with van der Waals surface area (Å²) in [6, 6.07) is 25.8. The first kappa shape index (κ1) is 16.6. The van der Waals surface area contributed by atoms with E-state index in [9.17, 15) is 0 Å². The van der Waals surface area contributed by atoms with Gasteiger partial charge in [-0.2, -0.15) is 0 Å². The quantitative estimate of drug-likeness (QED) is 0.432. The molecule has 0 amide bonds. The van der Waals surface area contributed by atoms with Gasteiger partial charge in [0.25, 0.3) is 0 Å². The summed E-state index contributed by atoms with van der Waals surface area (Å²) in [6.07, 6.45) is 1.17. The van der Waals surface area contributed by atoms with Crippen LogP contribution in [0.15, 0.2) is 78.0 Å². The Labute approximate surface area is 163 Å². The zero-order valence-corrected chi connectivity index (χ0v) is 16.1. The minimum Gasteiger partial charge on any atom is -0.309 e. The summed E-state index contributed by atoms with van der Waals surface area (Å²) in [7, 11) is 2.10. The van der Waals surface area contributed by atoms with E-state index in [1.54, 1.807) is 11.8 Å². The SMILES string of the molecule is Cn1c(SCc2cccc3ccccc23)nnc1C1CC1c1ccccc1. The maximum absolute atomic E-state index is 4.52. The van der Waals surface area contributed by atoms with Crippen LogP contribution in [0.2, 0.25) is 0 Å². The van der Waals surface area contributed by atoms with Gasteiger partial charge in [-0.3, -0.25) is 0 Å². The molecule has 3 nitrogen and oxygen atoms in total. The standard InChI is InChI=1S/C23H21N3S/c1-26-22(21-14-20(21)17-8-3-2-4-9-17)24-25-23(26)27-15-18-12-7-11-16-10-5-6-13-19(16)18/h2-13,20-21H,14-15H2,1H3. The molecule has 2 unspecified atom stereocenters. The van der Waals surface area contributed by atoms with Crippen molar-refractivity contribution in [2.75, 3.05) is 0 Å². The molecule has 1 aliphatic rings. The van der Waals surface area contributed by atoms with Crippen molar-refractivity contribution in [2.24, 2.45) is 7.05 Å². The van der Waals surface area contributed by atoms with E-state index in [1.165, 1.54) is 28.3 Å². The maximum Gasteiger partial charge on any atom is 0.191 e. The van der Waals surface area contributed by atoms with Crippen molar-refractivity contribution in [3.05, 3.63) is 89.7 Å². The fourth-order valence-electron chi connectivity index (χ4n) is 3.88. The first-order valence-electron chi connectivity index (χ1n) is 9.35. The molecule has 0 bridgehead atoms. The van der Waals surface area contributed by atoms with Crippen molar-refractivity contribution in [1.82, 2.24) is 14.8 Å². The van der Waals surface area contributed by atoms with E-state index in [1.807, 2.05) is 0 Å². The van der Waals surface area contributed by atoms with Crippen molar-refractivity contribution in [2.45, 2.75) is 29.2 Å². The zero-order valence-electron chi connectivity index (χ0n) is 15.2. The number of nitrogens with zero attached hydrogens (tertiary/aromatic N) is 3. The predicted molar refractivity (Wildman–Crippen MR) is 111 cm³/mol. The van der Waals surface area contributed by atoms with Crippen LogP contribution in [-0.2, 0) is 12.8 Å². The predicted octanol–water partition coefficient (Wildman–Crippen LogP) is 5.53. The number of rotatable bonds is 5. The summed E-state index contributed by atoms with van der Waals surface area (Å²) < 4.78 is 2.18. The lowest BCUT2D eigenvalue weighted by Gasteiger charge is -2.07. The van der Waals surface area contributed by atoms with Crippen molar-refractivity contribution < 1.29 is 0 Å².